The fourth-order valence-electron chi connectivity index (χ4n) is 2.83. The Bertz CT molecular complexity index is 714. The van der Waals surface area contributed by atoms with Crippen LogP contribution in [0.5, 0.6) is 0 Å². The van der Waals surface area contributed by atoms with Gasteiger partial charge in [0.15, 0.2) is 0 Å². The number of carboxylic acids is 1. The van der Waals surface area contributed by atoms with Crippen molar-refractivity contribution in [2.45, 2.75) is 31.6 Å². The van der Waals surface area contributed by atoms with Crippen molar-refractivity contribution in [2.75, 3.05) is 13.1 Å². The number of carbonyl (C=O) groups is 2. The average Bonchev–Trinajstić information content (AvgIpc) is 3.24. The number of hydrogen-bond acceptors (Lipinski definition) is 5. The van der Waals surface area contributed by atoms with E-state index in [0.717, 1.165) is 12.0 Å². The number of carbonyl (C=O) groups excluding carboxylic acids is 1. The van der Waals surface area contributed by atoms with E-state index in [4.69, 9.17) is 9.52 Å². The zero-order valence-corrected chi connectivity index (χ0v) is 13.2. The van der Waals surface area contributed by atoms with E-state index in [1.54, 1.807) is 4.90 Å². The third-order valence-corrected chi connectivity index (χ3v) is 4.13. The molecular formula is C17H19N3O4. The Morgan fingerprint density at radius 2 is 2.00 bits per heavy atom. The summed E-state index contributed by atoms with van der Waals surface area (Å²) in [4.78, 5) is 24.4. The molecule has 24 heavy (non-hydrogen) atoms. The predicted molar refractivity (Wildman–Crippen MR) is 85.2 cm³/mol. The maximum Gasteiger partial charge on any atom is 0.303 e. The molecule has 1 aliphatic rings. The van der Waals surface area contributed by atoms with E-state index < -0.39 is 5.97 Å². The van der Waals surface area contributed by atoms with Crippen molar-refractivity contribution < 1.29 is 19.1 Å². The van der Waals surface area contributed by atoms with E-state index in [9.17, 15) is 9.59 Å². The van der Waals surface area contributed by atoms with Crippen LogP contribution in [-0.2, 0) is 9.59 Å². The van der Waals surface area contributed by atoms with Gasteiger partial charge in [-0.25, -0.2) is 0 Å². The number of aliphatic carboxylic acids is 1. The van der Waals surface area contributed by atoms with E-state index in [1.165, 1.54) is 0 Å². The predicted octanol–water partition coefficient (Wildman–Crippen LogP) is 2.31. The molecule has 126 valence electrons. The Balaban J connectivity index is 1.57. The molecule has 0 aliphatic carbocycles. The van der Waals surface area contributed by atoms with Crippen LogP contribution < -0.4 is 0 Å². The van der Waals surface area contributed by atoms with Gasteiger partial charge in [0.1, 0.15) is 0 Å². The number of benzene rings is 1. The second-order valence-electron chi connectivity index (χ2n) is 5.88. The number of aromatic nitrogens is 2. The van der Waals surface area contributed by atoms with E-state index in [0.29, 0.717) is 31.3 Å². The first-order valence-corrected chi connectivity index (χ1v) is 8.02. The number of carboxylic acid groups (broad SMARTS) is 1. The van der Waals surface area contributed by atoms with Gasteiger partial charge in [0.05, 0.1) is 5.92 Å². The van der Waals surface area contributed by atoms with Crippen molar-refractivity contribution in [3.8, 4) is 11.5 Å². The summed E-state index contributed by atoms with van der Waals surface area (Å²) in [6.07, 6.45) is 1.43. The van der Waals surface area contributed by atoms with Crippen molar-refractivity contribution in [3.63, 3.8) is 0 Å². The number of likely N-dealkylation sites (tertiary alicyclic amines) is 1. The number of nitrogens with zero attached hydrogens (tertiary/aromatic N) is 3. The Labute approximate surface area is 139 Å². The van der Waals surface area contributed by atoms with Crippen LogP contribution in [-0.4, -0.2) is 45.2 Å². The smallest absolute Gasteiger partial charge is 0.303 e. The summed E-state index contributed by atoms with van der Waals surface area (Å²) in [6.45, 7) is 1.18. The summed E-state index contributed by atoms with van der Waals surface area (Å²) in [5.74, 6) is 0.188. The minimum Gasteiger partial charge on any atom is -0.481 e. The molecule has 3 rings (SSSR count). The molecule has 1 aliphatic heterocycles. The summed E-state index contributed by atoms with van der Waals surface area (Å²) in [5, 5.41) is 16.8. The van der Waals surface area contributed by atoms with E-state index in [2.05, 4.69) is 10.2 Å². The zero-order valence-electron chi connectivity index (χ0n) is 13.2. The van der Waals surface area contributed by atoms with Gasteiger partial charge in [0.25, 0.3) is 0 Å². The lowest BCUT2D eigenvalue weighted by atomic mass is 10.1. The van der Waals surface area contributed by atoms with Gasteiger partial charge in [0, 0.05) is 31.5 Å². The maximum atomic E-state index is 12.1. The average molecular weight is 329 g/mol. The van der Waals surface area contributed by atoms with Crippen LogP contribution in [0, 0.1) is 0 Å². The third-order valence-electron chi connectivity index (χ3n) is 4.13. The molecule has 7 nitrogen and oxygen atoms in total. The zero-order chi connectivity index (χ0) is 16.9. The van der Waals surface area contributed by atoms with Crippen molar-refractivity contribution >= 4 is 11.9 Å². The summed E-state index contributed by atoms with van der Waals surface area (Å²) >= 11 is 0. The van der Waals surface area contributed by atoms with Crippen molar-refractivity contribution in [1.82, 2.24) is 15.1 Å². The van der Waals surface area contributed by atoms with Crippen molar-refractivity contribution in [1.29, 1.82) is 0 Å². The first kappa shape index (κ1) is 16.2. The second kappa shape index (κ2) is 7.25. The molecule has 0 bridgehead atoms. The minimum atomic E-state index is -0.874. The van der Waals surface area contributed by atoms with Gasteiger partial charge in [0.2, 0.25) is 17.7 Å². The number of rotatable bonds is 6. The van der Waals surface area contributed by atoms with Gasteiger partial charge in [-0.1, -0.05) is 18.2 Å². The monoisotopic (exact) mass is 329 g/mol. The van der Waals surface area contributed by atoms with Crippen molar-refractivity contribution in [3.05, 3.63) is 36.2 Å². The Hall–Kier alpha value is -2.70. The fraction of sp³-hybridized carbons (Fsp3) is 0.412. The van der Waals surface area contributed by atoms with Crippen LogP contribution in [0.1, 0.15) is 37.5 Å². The highest BCUT2D eigenvalue weighted by Crippen LogP contribution is 2.29. The first-order chi connectivity index (χ1) is 11.6. The van der Waals surface area contributed by atoms with Crippen LogP contribution in [0.3, 0.4) is 0 Å². The lowest BCUT2D eigenvalue weighted by Gasteiger charge is -2.15. The molecule has 1 aromatic heterocycles. The quantitative estimate of drug-likeness (QED) is 0.873. The Morgan fingerprint density at radius 1 is 1.21 bits per heavy atom. The molecular weight excluding hydrogens is 310 g/mol. The molecule has 1 N–H and O–H groups in total. The number of amides is 1. The molecule has 1 unspecified atom stereocenters. The van der Waals surface area contributed by atoms with E-state index in [1.807, 2.05) is 30.3 Å². The van der Waals surface area contributed by atoms with Gasteiger partial charge >= 0.3 is 5.97 Å². The fourth-order valence-corrected chi connectivity index (χ4v) is 2.83. The van der Waals surface area contributed by atoms with Gasteiger partial charge in [-0.2, -0.15) is 0 Å². The van der Waals surface area contributed by atoms with Gasteiger partial charge in [-0.05, 0) is 25.0 Å². The second-order valence-corrected chi connectivity index (χ2v) is 5.88. The normalized spacial score (nSPS) is 17.2. The van der Waals surface area contributed by atoms with E-state index in [-0.39, 0.29) is 24.7 Å². The van der Waals surface area contributed by atoms with Gasteiger partial charge in [-0.15, -0.1) is 10.2 Å². The van der Waals surface area contributed by atoms with Crippen molar-refractivity contribution in [2.24, 2.45) is 0 Å². The molecule has 0 saturated carbocycles. The standard InChI is InChI=1S/C17H19N3O4/c21-14(7-4-8-15(22)23)20-10-9-13(11-20)17-19-18-16(24-17)12-5-2-1-3-6-12/h1-3,5-6,13H,4,7-11H2,(H,22,23). The maximum absolute atomic E-state index is 12.1. The molecule has 1 amide bonds. The largest absolute Gasteiger partial charge is 0.481 e. The molecule has 1 fully saturated rings. The molecule has 2 heterocycles. The summed E-state index contributed by atoms with van der Waals surface area (Å²) < 4.78 is 5.76. The third kappa shape index (κ3) is 3.79. The van der Waals surface area contributed by atoms with Gasteiger partial charge in [-0.3, -0.25) is 9.59 Å². The summed E-state index contributed by atoms with van der Waals surface area (Å²) in [5.41, 5.74) is 0.871. The van der Waals surface area contributed by atoms with Crippen LogP contribution in [0.2, 0.25) is 0 Å². The topological polar surface area (TPSA) is 96.5 Å². The lowest BCUT2D eigenvalue weighted by molar-refractivity contribution is -0.137. The Morgan fingerprint density at radius 3 is 2.75 bits per heavy atom. The van der Waals surface area contributed by atoms with Crippen LogP contribution in [0.25, 0.3) is 11.5 Å². The molecule has 1 atom stereocenters. The van der Waals surface area contributed by atoms with Gasteiger partial charge < -0.3 is 14.4 Å². The van der Waals surface area contributed by atoms with Crippen LogP contribution in [0.4, 0.5) is 0 Å². The highest BCUT2D eigenvalue weighted by molar-refractivity contribution is 5.77. The molecule has 2 aromatic rings. The molecule has 1 saturated heterocycles. The summed E-state index contributed by atoms with van der Waals surface area (Å²) in [7, 11) is 0. The van der Waals surface area contributed by atoms with Crippen LogP contribution >= 0.6 is 0 Å². The molecule has 1 aromatic carbocycles. The SMILES string of the molecule is O=C(O)CCCC(=O)N1CCC(c2nnc(-c3ccccc3)o2)C1. The minimum absolute atomic E-state index is 0.0125. The summed E-state index contributed by atoms with van der Waals surface area (Å²) in [6, 6.07) is 9.55. The molecule has 0 radical (unpaired) electrons. The van der Waals surface area contributed by atoms with Crippen LogP contribution in [0.15, 0.2) is 34.7 Å². The first-order valence-electron chi connectivity index (χ1n) is 8.02. The highest BCUT2D eigenvalue weighted by atomic mass is 16.4. The number of hydrogen-bond donors (Lipinski definition) is 1. The molecule has 0 spiro atoms. The highest BCUT2D eigenvalue weighted by Gasteiger charge is 2.30. The Kier molecular flexibility index (Phi) is 4.88. The van der Waals surface area contributed by atoms with E-state index >= 15 is 0 Å². The molecule has 7 heteroatoms. The lowest BCUT2D eigenvalue weighted by Crippen LogP contribution is -2.28.